The van der Waals surface area contributed by atoms with Gasteiger partial charge in [0.1, 0.15) is 0 Å². The van der Waals surface area contributed by atoms with Crippen LogP contribution in [0.15, 0.2) is 16.8 Å². The van der Waals surface area contributed by atoms with Crippen LogP contribution in [-0.4, -0.2) is 59.1 Å². The summed E-state index contributed by atoms with van der Waals surface area (Å²) in [6.45, 7) is 7.53. The highest BCUT2D eigenvalue weighted by molar-refractivity contribution is 7.07. The molecule has 0 saturated carbocycles. The van der Waals surface area contributed by atoms with Crippen LogP contribution in [0.1, 0.15) is 19.4 Å². The Kier molecular flexibility index (Phi) is 4.60. The van der Waals surface area contributed by atoms with Crippen molar-refractivity contribution < 1.29 is 9.90 Å². The first-order valence-corrected chi connectivity index (χ1v) is 7.62. The number of amides is 1. The number of rotatable bonds is 4. The molecule has 1 aromatic rings. The first-order chi connectivity index (χ1) is 8.94. The molecule has 0 radical (unpaired) electrons. The summed E-state index contributed by atoms with van der Waals surface area (Å²) in [5, 5.41) is 13.8. The summed E-state index contributed by atoms with van der Waals surface area (Å²) < 4.78 is 0. The van der Waals surface area contributed by atoms with E-state index in [4.69, 9.17) is 0 Å². The lowest BCUT2D eigenvalue weighted by Gasteiger charge is -2.37. The summed E-state index contributed by atoms with van der Waals surface area (Å²) in [6, 6.07) is 2.01. The maximum Gasteiger partial charge on any atom is 0.227 e. The van der Waals surface area contributed by atoms with Gasteiger partial charge in [-0.05, 0) is 36.2 Å². The third kappa shape index (κ3) is 4.60. The van der Waals surface area contributed by atoms with E-state index in [2.05, 4.69) is 4.90 Å². The number of piperazine rings is 1. The minimum absolute atomic E-state index is 0.210. The van der Waals surface area contributed by atoms with E-state index in [1.54, 1.807) is 11.3 Å². The van der Waals surface area contributed by atoms with Crippen molar-refractivity contribution in [3.8, 4) is 0 Å². The highest BCUT2D eigenvalue weighted by Crippen LogP contribution is 2.12. The molecular weight excluding hydrogens is 260 g/mol. The largest absolute Gasteiger partial charge is 0.389 e. The van der Waals surface area contributed by atoms with Crippen molar-refractivity contribution in [2.75, 3.05) is 32.7 Å². The minimum Gasteiger partial charge on any atom is -0.389 e. The maximum atomic E-state index is 12.1. The van der Waals surface area contributed by atoms with Gasteiger partial charge in [0.2, 0.25) is 5.91 Å². The molecule has 0 aliphatic carbocycles. The molecule has 0 spiro atoms. The molecule has 4 nitrogen and oxygen atoms in total. The highest BCUT2D eigenvalue weighted by Gasteiger charge is 2.24. The zero-order valence-corrected chi connectivity index (χ0v) is 12.4. The Morgan fingerprint density at radius 3 is 2.58 bits per heavy atom. The van der Waals surface area contributed by atoms with Crippen LogP contribution in [0, 0.1) is 0 Å². The molecule has 19 heavy (non-hydrogen) atoms. The molecule has 106 valence electrons. The fourth-order valence-electron chi connectivity index (χ4n) is 2.38. The van der Waals surface area contributed by atoms with E-state index in [9.17, 15) is 9.90 Å². The second-order valence-corrected chi connectivity index (χ2v) is 6.56. The molecule has 1 fully saturated rings. The summed E-state index contributed by atoms with van der Waals surface area (Å²) >= 11 is 1.63. The predicted octanol–water partition coefficient (Wildman–Crippen LogP) is 1.21. The second-order valence-electron chi connectivity index (χ2n) is 5.78. The lowest BCUT2D eigenvalue weighted by atomic mass is 10.1. The molecule has 1 saturated heterocycles. The van der Waals surface area contributed by atoms with E-state index in [1.165, 1.54) is 0 Å². The molecule has 2 rings (SSSR count). The fourth-order valence-corrected chi connectivity index (χ4v) is 3.05. The predicted molar refractivity (Wildman–Crippen MR) is 77.3 cm³/mol. The molecule has 1 aromatic heterocycles. The molecule has 1 N–H and O–H groups in total. The Morgan fingerprint density at radius 1 is 1.37 bits per heavy atom. The zero-order valence-electron chi connectivity index (χ0n) is 11.6. The van der Waals surface area contributed by atoms with Gasteiger partial charge in [0, 0.05) is 32.7 Å². The third-order valence-corrected chi connectivity index (χ3v) is 4.00. The number of β-amino-alcohol motifs (C(OH)–C–C–N with tert-alkyl or cyclic N) is 1. The quantitative estimate of drug-likeness (QED) is 0.902. The lowest BCUT2D eigenvalue weighted by Crippen LogP contribution is -2.52. The molecule has 0 bridgehead atoms. The Bertz CT molecular complexity index is 404. The monoisotopic (exact) mass is 282 g/mol. The van der Waals surface area contributed by atoms with Crippen molar-refractivity contribution in [2.24, 2.45) is 0 Å². The first-order valence-electron chi connectivity index (χ1n) is 6.68. The summed E-state index contributed by atoms with van der Waals surface area (Å²) in [5.41, 5.74) is 0.442. The van der Waals surface area contributed by atoms with Crippen LogP contribution in [0.25, 0.3) is 0 Å². The van der Waals surface area contributed by atoms with E-state index in [-0.39, 0.29) is 5.91 Å². The van der Waals surface area contributed by atoms with Crippen LogP contribution in [0.4, 0.5) is 0 Å². The van der Waals surface area contributed by atoms with Crippen molar-refractivity contribution in [1.82, 2.24) is 9.80 Å². The summed E-state index contributed by atoms with van der Waals surface area (Å²) in [6.07, 6.45) is 0.509. The number of aliphatic hydroxyl groups is 1. The smallest absolute Gasteiger partial charge is 0.227 e. The maximum absolute atomic E-state index is 12.1. The molecule has 1 amide bonds. The standard InChI is InChI=1S/C14H22N2O2S/c1-14(2,18)11-15-4-6-16(7-5-15)13(17)9-12-3-8-19-10-12/h3,8,10,18H,4-7,9,11H2,1-2H3. The number of carbonyl (C=O) groups is 1. The summed E-state index contributed by atoms with van der Waals surface area (Å²) in [7, 11) is 0. The van der Waals surface area contributed by atoms with E-state index in [0.717, 1.165) is 31.7 Å². The van der Waals surface area contributed by atoms with Gasteiger partial charge in [-0.1, -0.05) is 0 Å². The van der Waals surface area contributed by atoms with Gasteiger partial charge in [-0.15, -0.1) is 0 Å². The van der Waals surface area contributed by atoms with Crippen molar-refractivity contribution in [1.29, 1.82) is 0 Å². The lowest BCUT2D eigenvalue weighted by molar-refractivity contribution is -0.132. The Hall–Kier alpha value is -0.910. The molecule has 0 aromatic carbocycles. The average molecular weight is 282 g/mol. The van der Waals surface area contributed by atoms with Crippen LogP contribution in [0.3, 0.4) is 0 Å². The van der Waals surface area contributed by atoms with Crippen molar-refractivity contribution in [3.63, 3.8) is 0 Å². The fraction of sp³-hybridized carbons (Fsp3) is 0.643. The molecule has 2 heterocycles. The van der Waals surface area contributed by atoms with Crippen LogP contribution in [0.5, 0.6) is 0 Å². The van der Waals surface area contributed by atoms with Crippen molar-refractivity contribution in [2.45, 2.75) is 25.9 Å². The number of hydrogen-bond acceptors (Lipinski definition) is 4. The van der Waals surface area contributed by atoms with Gasteiger partial charge < -0.3 is 10.0 Å². The van der Waals surface area contributed by atoms with Crippen LogP contribution < -0.4 is 0 Å². The average Bonchev–Trinajstić information content (AvgIpc) is 2.80. The van der Waals surface area contributed by atoms with Crippen molar-refractivity contribution in [3.05, 3.63) is 22.4 Å². The highest BCUT2D eigenvalue weighted by atomic mass is 32.1. The number of thiophene rings is 1. The van der Waals surface area contributed by atoms with Gasteiger partial charge in [-0.25, -0.2) is 0 Å². The number of nitrogens with zero attached hydrogens (tertiary/aromatic N) is 2. The second kappa shape index (κ2) is 6.03. The molecule has 0 unspecified atom stereocenters. The van der Waals surface area contributed by atoms with E-state index >= 15 is 0 Å². The SMILES string of the molecule is CC(C)(O)CN1CCN(C(=O)Cc2ccsc2)CC1. The first kappa shape index (κ1) is 14.5. The normalized spacial score (nSPS) is 17.7. The van der Waals surface area contributed by atoms with Crippen LogP contribution >= 0.6 is 11.3 Å². The molecule has 1 aliphatic rings. The molecule has 1 aliphatic heterocycles. The number of carbonyl (C=O) groups excluding carboxylic acids is 1. The summed E-state index contributed by atoms with van der Waals surface area (Å²) in [5.74, 6) is 0.210. The van der Waals surface area contributed by atoms with Gasteiger partial charge in [0.25, 0.3) is 0 Å². The van der Waals surface area contributed by atoms with Gasteiger partial charge in [0.05, 0.1) is 12.0 Å². The topological polar surface area (TPSA) is 43.8 Å². The van der Waals surface area contributed by atoms with Crippen molar-refractivity contribution >= 4 is 17.2 Å². The van der Waals surface area contributed by atoms with Gasteiger partial charge in [-0.2, -0.15) is 11.3 Å². The van der Waals surface area contributed by atoms with Gasteiger partial charge in [0.15, 0.2) is 0 Å². The molecule has 0 atom stereocenters. The van der Waals surface area contributed by atoms with Gasteiger partial charge >= 0.3 is 0 Å². The zero-order chi connectivity index (χ0) is 13.9. The van der Waals surface area contributed by atoms with E-state index in [1.807, 2.05) is 35.6 Å². The van der Waals surface area contributed by atoms with Crippen LogP contribution in [-0.2, 0) is 11.2 Å². The Balaban J connectivity index is 1.78. The number of hydrogen-bond donors (Lipinski definition) is 1. The third-order valence-electron chi connectivity index (χ3n) is 3.27. The minimum atomic E-state index is -0.664. The van der Waals surface area contributed by atoms with E-state index < -0.39 is 5.60 Å². The van der Waals surface area contributed by atoms with Crippen LogP contribution in [0.2, 0.25) is 0 Å². The van der Waals surface area contributed by atoms with Gasteiger partial charge in [-0.3, -0.25) is 9.69 Å². The Morgan fingerprint density at radius 2 is 2.05 bits per heavy atom. The molecule has 5 heteroatoms. The Labute approximate surface area is 118 Å². The van der Waals surface area contributed by atoms with E-state index in [0.29, 0.717) is 13.0 Å². The molecular formula is C14H22N2O2S. The summed E-state index contributed by atoms with van der Waals surface area (Å²) in [4.78, 5) is 16.3.